The van der Waals surface area contributed by atoms with E-state index in [2.05, 4.69) is 21.2 Å². The van der Waals surface area contributed by atoms with E-state index in [9.17, 15) is 9.59 Å². The molecule has 5 nitrogen and oxygen atoms in total. The molecule has 114 valence electrons. The molecule has 0 spiro atoms. The Hall–Kier alpha value is -1.56. The molecule has 1 amide bonds. The standard InChI is InChI=1S/C15H18BrNO4/c1-8-5-9(16)6-10-12(18)11(20-13(8)10)7-17-14(19)21-15(2,3)4/h5-6,11H,7H2,1-4H3,(H,17,19). The van der Waals surface area contributed by atoms with Gasteiger partial charge in [0, 0.05) is 4.47 Å². The number of halogens is 1. The number of carbonyl (C=O) groups is 2. The summed E-state index contributed by atoms with van der Waals surface area (Å²) >= 11 is 3.36. The highest BCUT2D eigenvalue weighted by Crippen LogP contribution is 2.34. The normalized spacial score (nSPS) is 17.2. The molecule has 1 N–H and O–H groups in total. The predicted molar refractivity (Wildman–Crippen MR) is 81.9 cm³/mol. The number of ketones is 1. The van der Waals surface area contributed by atoms with E-state index in [0.717, 1.165) is 10.0 Å². The molecule has 0 aliphatic carbocycles. The van der Waals surface area contributed by atoms with Gasteiger partial charge < -0.3 is 14.8 Å². The van der Waals surface area contributed by atoms with Crippen LogP contribution in [0.2, 0.25) is 0 Å². The van der Waals surface area contributed by atoms with Crippen LogP contribution >= 0.6 is 15.9 Å². The number of hydrogen-bond acceptors (Lipinski definition) is 4. The molecule has 6 heteroatoms. The van der Waals surface area contributed by atoms with Crippen LogP contribution in [0.25, 0.3) is 0 Å². The Morgan fingerprint density at radius 3 is 2.71 bits per heavy atom. The molecule has 1 atom stereocenters. The number of rotatable bonds is 2. The molecule has 1 heterocycles. The lowest BCUT2D eigenvalue weighted by molar-refractivity contribution is 0.0503. The van der Waals surface area contributed by atoms with Crippen LogP contribution in [0.4, 0.5) is 4.79 Å². The first-order valence-electron chi connectivity index (χ1n) is 6.65. The summed E-state index contributed by atoms with van der Waals surface area (Å²) in [5, 5.41) is 2.56. The fourth-order valence-electron chi connectivity index (χ4n) is 2.06. The van der Waals surface area contributed by atoms with E-state index in [4.69, 9.17) is 9.47 Å². The van der Waals surface area contributed by atoms with Crippen LogP contribution < -0.4 is 10.1 Å². The van der Waals surface area contributed by atoms with Gasteiger partial charge in [-0.15, -0.1) is 0 Å². The zero-order chi connectivity index (χ0) is 15.8. The first-order chi connectivity index (χ1) is 9.67. The van der Waals surface area contributed by atoms with Crippen LogP contribution in [0, 0.1) is 6.92 Å². The van der Waals surface area contributed by atoms with Crippen LogP contribution in [-0.4, -0.2) is 30.1 Å². The Bertz CT molecular complexity index is 592. The third kappa shape index (κ3) is 3.75. The summed E-state index contributed by atoms with van der Waals surface area (Å²) in [6, 6.07) is 3.62. The van der Waals surface area contributed by atoms with Gasteiger partial charge in [-0.25, -0.2) is 4.79 Å². The van der Waals surface area contributed by atoms with E-state index in [0.29, 0.717) is 11.3 Å². The molecule has 21 heavy (non-hydrogen) atoms. The average molecular weight is 356 g/mol. The Morgan fingerprint density at radius 2 is 2.10 bits per heavy atom. The summed E-state index contributed by atoms with van der Waals surface area (Å²) in [4.78, 5) is 23.9. The molecule has 2 rings (SSSR count). The molecule has 0 fully saturated rings. The minimum atomic E-state index is -0.708. The molecule has 0 aromatic heterocycles. The number of benzene rings is 1. The molecule has 0 radical (unpaired) electrons. The molecule has 1 aromatic carbocycles. The molecule has 1 aliphatic rings. The SMILES string of the molecule is Cc1cc(Br)cc2c1OC(CNC(=O)OC(C)(C)C)C2=O. The molecule has 1 aliphatic heterocycles. The van der Waals surface area contributed by atoms with Crippen LogP contribution in [0.1, 0.15) is 36.7 Å². The fraction of sp³-hybridized carbons (Fsp3) is 0.467. The third-order valence-electron chi connectivity index (χ3n) is 2.89. The monoisotopic (exact) mass is 355 g/mol. The number of fused-ring (bicyclic) bond motifs is 1. The van der Waals surface area contributed by atoms with E-state index in [-0.39, 0.29) is 12.3 Å². The van der Waals surface area contributed by atoms with Gasteiger partial charge in [0.05, 0.1) is 12.1 Å². The third-order valence-corrected chi connectivity index (χ3v) is 3.35. The lowest BCUT2D eigenvalue weighted by Crippen LogP contribution is -2.40. The lowest BCUT2D eigenvalue weighted by Gasteiger charge is -2.20. The van der Waals surface area contributed by atoms with Crippen molar-refractivity contribution in [1.29, 1.82) is 0 Å². The van der Waals surface area contributed by atoms with Crippen molar-refractivity contribution in [2.24, 2.45) is 0 Å². The van der Waals surface area contributed by atoms with Gasteiger partial charge in [0.1, 0.15) is 11.4 Å². The van der Waals surface area contributed by atoms with Crippen molar-refractivity contribution in [1.82, 2.24) is 5.32 Å². The Kier molecular flexibility index (Phi) is 4.27. The van der Waals surface area contributed by atoms with Crippen LogP contribution in [0.5, 0.6) is 5.75 Å². The molecule has 1 unspecified atom stereocenters. The van der Waals surface area contributed by atoms with Crippen LogP contribution in [0.15, 0.2) is 16.6 Å². The fourth-order valence-corrected chi connectivity index (χ4v) is 2.64. The van der Waals surface area contributed by atoms with Gasteiger partial charge in [0.15, 0.2) is 6.10 Å². The second kappa shape index (κ2) is 5.67. The second-order valence-electron chi connectivity index (χ2n) is 5.95. The van der Waals surface area contributed by atoms with Gasteiger partial charge in [0.25, 0.3) is 0 Å². The van der Waals surface area contributed by atoms with Gasteiger partial charge in [-0.2, -0.15) is 0 Å². The number of amides is 1. The first kappa shape index (κ1) is 15.8. The number of alkyl carbamates (subject to hydrolysis) is 1. The van der Waals surface area contributed by atoms with Gasteiger partial charge in [-0.3, -0.25) is 4.79 Å². The zero-order valence-electron chi connectivity index (χ0n) is 12.5. The molecule has 0 bridgehead atoms. The molecular formula is C15H18BrNO4. The van der Waals surface area contributed by atoms with Crippen molar-refractivity contribution < 1.29 is 19.1 Å². The minimum absolute atomic E-state index is 0.0828. The smallest absolute Gasteiger partial charge is 0.407 e. The highest BCUT2D eigenvalue weighted by molar-refractivity contribution is 9.10. The van der Waals surface area contributed by atoms with Gasteiger partial charge in [-0.1, -0.05) is 15.9 Å². The van der Waals surface area contributed by atoms with Crippen molar-refractivity contribution in [2.45, 2.75) is 39.4 Å². The van der Waals surface area contributed by atoms with Crippen molar-refractivity contribution >= 4 is 27.8 Å². The van der Waals surface area contributed by atoms with Gasteiger partial charge >= 0.3 is 6.09 Å². The van der Waals surface area contributed by atoms with E-state index < -0.39 is 17.8 Å². The largest absolute Gasteiger partial charge is 0.479 e. The number of carbonyl (C=O) groups excluding carboxylic acids is 2. The predicted octanol–water partition coefficient (Wildman–Crippen LogP) is 3.23. The Labute approximate surface area is 132 Å². The van der Waals surface area contributed by atoms with E-state index in [1.54, 1.807) is 26.8 Å². The Morgan fingerprint density at radius 1 is 1.43 bits per heavy atom. The molecular weight excluding hydrogens is 338 g/mol. The first-order valence-corrected chi connectivity index (χ1v) is 7.44. The van der Waals surface area contributed by atoms with Gasteiger partial charge in [0.2, 0.25) is 5.78 Å². The summed E-state index contributed by atoms with van der Waals surface area (Å²) in [7, 11) is 0. The minimum Gasteiger partial charge on any atom is -0.479 e. The van der Waals surface area contributed by atoms with Crippen LogP contribution in [0.3, 0.4) is 0 Å². The number of ether oxygens (including phenoxy) is 2. The van der Waals surface area contributed by atoms with Crippen molar-refractivity contribution in [3.8, 4) is 5.75 Å². The lowest BCUT2D eigenvalue weighted by atomic mass is 10.1. The maximum atomic E-state index is 12.3. The summed E-state index contributed by atoms with van der Waals surface area (Å²) in [5.41, 5.74) is 0.847. The highest BCUT2D eigenvalue weighted by Gasteiger charge is 2.34. The zero-order valence-corrected chi connectivity index (χ0v) is 14.0. The maximum absolute atomic E-state index is 12.3. The van der Waals surface area contributed by atoms with E-state index in [1.807, 2.05) is 13.0 Å². The van der Waals surface area contributed by atoms with Crippen molar-refractivity contribution in [3.05, 3.63) is 27.7 Å². The van der Waals surface area contributed by atoms with Gasteiger partial charge in [-0.05, 0) is 45.4 Å². The van der Waals surface area contributed by atoms with Crippen molar-refractivity contribution in [2.75, 3.05) is 6.54 Å². The molecule has 0 saturated heterocycles. The summed E-state index contributed by atoms with van der Waals surface area (Å²) in [5.74, 6) is 0.449. The van der Waals surface area contributed by atoms with Crippen molar-refractivity contribution in [3.63, 3.8) is 0 Å². The summed E-state index contributed by atoms with van der Waals surface area (Å²) in [6.45, 7) is 7.29. The summed E-state index contributed by atoms with van der Waals surface area (Å²) in [6.07, 6.45) is -1.27. The highest BCUT2D eigenvalue weighted by atomic mass is 79.9. The van der Waals surface area contributed by atoms with Crippen LogP contribution in [-0.2, 0) is 4.74 Å². The quantitative estimate of drug-likeness (QED) is 0.884. The average Bonchev–Trinajstić information content (AvgIpc) is 2.63. The molecule has 0 saturated carbocycles. The number of hydrogen-bond donors (Lipinski definition) is 1. The Balaban J connectivity index is 2.01. The number of aryl methyl sites for hydroxylation is 1. The number of nitrogens with one attached hydrogen (secondary N) is 1. The van der Waals surface area contributed by atoms with E-state index >= 15 is 0 Å². The molecule has 1 aromatic rings. The maximum Gasteiger partial charge on any atom is 0.407 e. The van der Waals surface area contributed by atoms with E-state index in [1.165, 1.54) is 0 Å². The number of Topliss-reactive ketones (excluding diaryl/α,β-unsaturated/α-hetero) is 1. The topological polar surface area (TPSA) is 64.6 Å². The second-order valence-corrected chi connectivity index (χ2v) is 6.87. The summed E-state index contributed by atoms with van der Waals surface area (Å²) < 4.78 is 11.6.